The van der Waals surface area contributed by atoms with Gasteiger partial charge in [-0.05, 0) is 68.6 Å². The Kier molecular flexibility index (Phi) is 5.18. The van der Waals surface area contributed by atoms with Gasteiger partial charge in [-0.25, -0.2) is 0 Å². The Morgan fingerprint density at radius 3 is 2.12 bits per heavy atom. The molecule has 2 aromatic carbocycles. The highest BCUT2D eigenvalue weighted by molar-refractivity contribution is 5.62. The molecule has 0 spiro atoms. The fourth-order valence-corrected chi connectivity index (χ4v) is 3.14. The van der Waals surface area contributed by atoms with Gasteiger partial charge in [0.2, 0.25) is 0 Å². The molecule has 1 aliphatic heterocycles. The Labute approximate surface area is 146 Å². The molecule has 0 bridgehead atoms. The van der Waals surface area contributed by atoms with E-state index in [9.17, 15) is 0 Å². The molecule has 2 aromatic rings. The SMILES string of the molecule is C=C(C)c1ccc(C#Cc2ccc(CN3CCCC3C)cc2)cc1. The molecule has 1 atom stereocenters. The number of hydrogen-bond donors (Lipinski definition) is 0. The fourth-order valence-electron chi connectivity index (χ4n) is 3.14. The summed E-state index contributed by atoms with van der Waals surface area (Å²) >= 11 is 0. The topological polar surface area (TPSA) is 3.24 Å². The summed E-state index contributed by atoms with van der Waals surface area (Å²) in [6.45, 7) is 10.6. The smallest absolute Gasteiger partial charge is 0.0249 e. The van der Waals surface area contributed by atoms with Crippen molar-refractivity contribution < 1.29 is 0 Å². The summed E-state index contributed by atoms with van der Waals surface area (Å²) in [5.41, 5.74) is 5.73. The Hall–Kier alpha value is -2.30. The molecule has 0 radical (unpaired) electrons. The van der Waals surface area contributed by atoms with Crippen LogP contribution >= 0.6 is 0 Å². The number of benzene rings is 2. The van der Waals surface area contributed by atoms with Crippen LogP contribution in [-0.2, 0) is 6.54 Å². The highest BCUT2D eigenvalue weighted by Crippen LogP contribution is 2.19. The summed E-state index contributed by atoms with van der Waals surface area (Å²) in [5, 5.41) is 0. The van der Waals surface area contributed by atoms with Crippen LogP contribution in [0.4, 0.5) is 0 Å². The minimum Gasteiger partial charge on any atom is -0.296 e. The first-order valence-electron chi connectivity index (χ1n) is 8.73. The van der Waals surface area contributed by atoms with Crippen molar-refractivity contribution in [2.75, 3.05) is 6.54 Å². The van der Waals surface area contributed by atoms with E-state index in [0.717, 1.165) is 23.2 Å². The van der Waals surface area contributed by atoms with E-state index in [-0.39, 0.29) is 0 Å². The zero-order chi connectivity index (χ0) is 16.9. The predicted molar refractivity (Wildman–Crippen MR) is 103 cm³/mol. The number of likely N-dealkylation sites (tertiary alicyclic amines) is 1. The van der Waals surface area contributed by atoms with Gasteiger partial charge < -0.3 is 0 Å². The van der Waals surface area contributed by atoms with E-state index in [1.54, 1.807) is 0 Å². The number of allylic oxidation sites excluding steroid dienone is 1. The van der Waals surface area contributed by atoms with Gasteiger partial charge in [0, 0.05) is 23.7 Å². The maximum atomic E-state index is 3.96. The van der Waals surface area contributed by atoms with Gasteiger partial charge in [-0.2, -0.15) is 0 Å². The summed E-state index contributed by atoms with van der Waals surface area (Å²) in [4.78, 5) is 2.56. The lowest BCUT2D eigenvalue weighted by atomic mass is 10.1. The zero-order valence-corrected chi connectivity index (χ0v) is 14.7. The average molecular weight is 315 g/mol. The van der Waals surface area contributed by atoms with Gasteiger partial charge in [0.15, 0.2) is 0 Å². The first-order chi connectivity index (χ1) is 11.6. The van der Waals surface area contributed by atoms with Gasteiger partial charge in [-0.3, -0.25) is 4.90 Å². The first kappa shape index (κ1) is 16.6. The monoisotopic (exact) mass is 315 g/mol. The van der Waals surface area contributed by atoms with Gasteiger partial charge >= 0.3 is 0 Å². The van der Waals surface area contributed by atoms with Crippen molar-refractivity contribution in [3.63, 3.8) is 0 Å². The largest absolute Gasteiger partial charge is 0.296 e. The molecular weight excluding hydrogens is 290 g/mol. The maximum Gasteiger partial charge on any atom is 0.0249 e. The second kappa shape index (κ2) is 7.51. The molecule has 1 aliphatic rings. The predicted octanol–water partition coefficient (Wildman–Crippen LogP) is 5.10. The summed E-state index contributed by atoms with van der Waals surface area (Å²) in [6.07, 6.45) is 2.66. The van der Waals surface area contributed by atoms with E-state index in [1.807, 2.05) is 6.92 Å². The van der Waals surface area contributed by atoms with Crippen LogP contribution in [0.3, 0.4) is 0 Å². The van der Waals surface area contributed by atoms with Crippen molar-refractivity contribution in [1.82, 2.24) is 4.90 Å². The van der Waals surface area contributed by atoms with Crippen molar-refractivity contribution in [2.24, 2.45) is 0 Å². The van der Waals surface area contributed by atoms with E-state index in [1.165, 1.54) is 30.5 Å². The second-order valence-electron chi connectivity index (χ2n) is 6.77. The lowest BCUT2D eigenvalue weighted by Gasteiger charge is -2.20. The Bertz CT molecular complexity index is 756. The van der Waals surface area contributed by atoms with Crippen LogP contribution < -0.4 is 0 Å². The van der Waals surface area contributed by atoms with Crippen molar-refractivity contribution in [2.45, 2.75) is 39.3 Å². The van der Waals surface area contributed by atoms with Crippen LogP contribution in [0.1, 0.15) is 48.9 Å². The zero-order valence-electron chi connectivity index (χ0n) is 14.7. The summed E-state index contributed by atoms with van der Waals surface area (Å²) in [6, 6.07) is 17.7. The first-order valence-corrected chi connectivity index (χ1v) is 8.73. The minimum absolute atomic E-state index is 0.714. The van der Waals surface area contributed by atoms with Gasteiger partial charge in [-0.15, -0.1) is 0 Å². The quantitative estimate of drug-likeness (QED) is 0.712. The van der Waals surface area contributed by atoms with Gasteiger partial charge in [0.05, 0.1) is 0 Å². The average Bonchev–Trinajstić information content (AvgIpc) is 2.99. The third-order valence-corrected chi connectivity index (χ3v) is 4.76. The summed E-state index contributed by atoms with van der Waals surface area (Å²) in [7, 11) is 0. The number of hydrogen-bond acceptors (Lipinski definition) is 1. The Balaban J connectivity index is 1.65. The van der Waals surface area contributed by atoms with E-state index in [0.29, 0.717) is 6.04 Å². The molecule has 0 saturated carbocycles. The van der Waals surface area contributed by atoms with E-state index in [4.69, 9.17) is 0 Å². The molecule has 1 fully saturated rings. The fraction of sp³-hybridized carbons (Fsp3) is 0.304. The van der Waals surface area contributed by atoms with Crippen molar-refractivity contribution >= 4 is 5.57 Å². The molecule has 0 aliphatic carbocycles. The van der Waals surface area contributed by atoms with Crippen molar-refractivity contribution in [1.29, 1.82) is 0 Å². The molecule has 1 heterocycles. The van der Waals surface area contributed by atoms with Crippen LogP contribution in [-0.4, -0.2) is 17.5 Å². The third kappa shape index (κ3) is 4.16. The third-order valence-electron chi connectivity index (χ3n) is 4.76. The normalized spacial score (nSPS) is 17.3. The lowest BCUT2D eigenvalue weighted by molar-refractivity contribution is 0.260. The van der Waals surface area contributed by atoms with Gasteiger partial charge in [-0.1, -0.05) is 48.3 Å². The highest BCUT2D eigenvalue weighted by Gasteiger charge is 2.19. The summed E-state index contributed by atoms with van der Waals surface area (Å²) in [5.74, 6) is 6.49. The van der Waals surface area contributed by atoms with Gasteiger partial charge in [0.25, 0.3) is 0 Å². The number of rotatable bonds is 3. The van der Waals surface area contributed by atoms with Crippen molar-refractivity contribution in [3.8, 4) is 11.8 Å². The summed E-state index contributed by atoms with van der Waals surface area (Å²) < 4.78 is 0. The van der Waals surface area contributed by atoms with E-state index >= 15 is 0 Å². The molecule has 0 amide bonds. The second-order valence-corrected chi connectivity index (χ2v) is 6.77. The lowest BCUT2D eigenvalue weighted by Crippen LogP contribution is -2.26. The van der Waals surface area contributed by atoms with E-state index in [2.05, 4.69) is 78.8 Å². The Morgan fingerprint density at radius 1 is 1.04 bits per heavy atom. The molecule has 1 heteroatoms. The van der Waals surface area contributed by atoms with Crippen LogP contribution in [0.2, 0.25) is 0 Å². The van der Waals surface area contributed by atoms with Gasteiger partial charge in [0.1, 0.15) is 0 Å². The molecule has 122 valence electrons. The van der Waals surface area contributed by atoms with Crippen LogP contribution in [0.25, 0.3) is 5.57 Å². The van der Waals surface area contributed by atoms with E-state index < -0.39 is 0 Å². The molecular formula is C23H25N. The Morgan fingerprint density at radius 2 is 1.62 bits per heavy atom. The van der Waals surface area contributed by atoms with Crippen LogP contribution in [0.15, 0.2) is 55.1 Å². The molecule has 0 aromatic heterocycles. The number of nitrogens with zero attached hydrogens (tertiary/aromatic N) is 1. The van der Waals surface area contributed by atoms with Crippen LogP contribution in [0, 0.1) is 11.8 Å². The molecule has 0 N–H and O–H groups in total. The van der Waals surface area contributed by atoms with Crippen LogP contribution in [0.5, 0.6) is 0 Å². The molecule has 1 unspecified atom stereocenters. The standard InChI is InChI=1S/C23H25N/c1-18(2)23-14-12-21(13-15-23)7-6-20-8-10-22(11-9-20)17-24-16-4-5-19(24)3/h8-15,19H,1,4-5,16-17H2,2-3H3. The molecule has 3 rings (SSSR count). The minimum atomic E-state index is 0.714. The highest BCUT2D eigenvalue weighted by atomic mass is 15.2. The maximum absolute atomic E-state index is 3.96. The molecule has 1 saturated heterocycles. The molecule has 1 nitrogen and oxygen atoms in total. The van der Waals surface area contributed by atoms with Crippen molar-refractivity contribution in [3.05, 3.63) is 77.4 Å². The molecule has 24 heavy (non-hydrogen) atoms.